The molecule has 1 rings (SSSR count). The summed E-state index contributed by atoms with van der Waals surface area (Å²) in [5.74, 6) is -0.00898. The summed E-state index contributed by atoms with van der Waals surface area (Å²) in [6.07, 6.45) is -4.41. The average molecular weight is 264 g/mol. The minimum absolute atomic E-state index is 0.0971. The van der Waals surface area contributed by atoms with Crippen molar-refractivity contribution in [1.29, 1.82) is 0 Å². The molecule has 0 heterocycles. The molecule has 4 heteroatoms. The van der Waals surface area contributed by atoms with Crippen LogP contribution in [0.2, 0.25) is 0 Å². The number of hydrogen-bond donors (Lipinski definition) is 0. The van der Waals surface area contributed by atoms with Gasteiger partial charge in [-0.05, 0) is 35.6 Å². The van der Waals surface area contributed by atoms with Crippen molar-refractivity contribution in [2.24, 2.45) is 5.92 Å². The minimum Gasteiger partial charge on any atom is -0.207 e. The Morgan fingerprint density at radius 3 is 1.72 bits per heavy atom. The molecule has 0 nitrogen and oxygen atoms in total. The van der Waals surface area contributed by atoms with Crippen LogP contribution < -0.4 is 0 Å². The number of rotatable bonds is 1. The molecule has 0 aliphatic heterocycles. The fraction of sp³-hybridized carbons (Fsp3) is 0.571. The van der Waals surface area contributed by atoms with Gasteiger partial charge in [0, 0.05) is 0 Å². The molecular formula is C14H20F4. The van der Waals surface area contributed by atoms with Crippen LogP contribution in [-0.4, -0.2) is 0 Å². The molecule has 1 aromatic carbocycles. The van der Waals surface area contributed by atoms with Gasteiger partial charge >= 0.3 is 6.18 Å². The van der Waals surface area contributed by atoms with Gasteiger partial charge in [0.2, 0.25) is 0 Å². The molecule has 1 aromatic rings. The highest BCUT2D eigenvalue weighted by atomic mass is 19.4. The van der Waals surface area contributed by atoms with E-state index in [0.29, 0.717) is 0 Å². The second-order valence-corrected chi connectivity index (χ2v) is 5.12. The third-order valence-electron chi connectivity index (χ3n) is 1.95. The molecule has 0 amide bonds. The summed E-state index contributed by atoms with van der Waals surface area (Å²) in [6, 6.07) is 2.47. The Morgan fingerprint density at radius 2 is 1.39 bits per heavy atom. The van der Waals surface area contributed by atoms with Crippen molar-refractivity contribution < 1.29 is 17.6 Å². The van der Waals surface area contributed by atoms with Gasteiger partial charge in [0.15, 0.2) is 0 Å². The van der Waals surface area contributed by atoms with Gasteiger partial charge in [-0.25, -0.2) is 4.39 Å². The largest absolute Gasteiger partial charge is 0.416 e. The minimum atomic E-state index is -4.41. The molecule has 0 N–H and O–H groups in total. The van der Waals surface area contributed by atoms with Gasteiger partial charge in [0.05, 0.1) is 5.56 Å². The van der Waals surface area contributed by atoms with Gasteiger partial charge in [0.1, 0.15) is 5.82 Å². The summed E-state index contributed by atoms with van der Waals surface area (Å²) in [4.78, 5) is 0. The molecule has 0 unspecified atom stereocenters. The summed E-state index contributed by atoms with van der Waals surface area (Å²) in [7, 11) is 0. The van der Waals surface area contributed by atoms with E-state index in [4.69, 9.17) is 0 Å². The normalized spacial score (nSPS) is 11.5. The Balaban J connectivity index is 0.000000631. The fourth-order valence-electron chi connectivity index (χ4n) is 1.16. The third kappa shape index (κ3) is 6.03. The van der Waals surface area contributed by atoms with Crippen molar-refractivity contribution in [1.82, 2.24) is 0 Å². The SMILES string of the molecule is CC(C)C.CC(C)c1cc(C(F)(F)F)ccc1F. The van der Waals surface area contributed by atoms with Gasteiger partial charge in [0.25, 0.3) is 0 Å². The van der Waals surface area contributed by atoms with Gasteiger partial charge in [-0.15, -0.1) is 0 Å². The summed E-state index contributed by atoms with van der Waals surface area (Å²) in [6.45, 7) is 9.80. The Labute approximate surface area is 106 Å². The third-order valence-corrected chi connectivity index (χ3v) is 1.95. The Bertz CT molecular complexity index is 362. The Kier molecular flexibility index (Phi) is 6.36. The molecule has 0 aromatic heterocycles. The Morgan fingerprint density at radius 1 is 0.944 bits per heavy atom. The van der Waals surface area contributed by atoms with E-state index in [2.05, 4.69) is 20.8 Å². The number of benzene rings is 1. The zero-order valence-corrected chi connectivity index (χ0v) is 11.4. The monoisotopic (exact) mass is 264 g/mol. The number of hydrogen-bond acceptors (Lipinski definition) is 0. The second-order valence-electron chi connectivity index (χ2n) is 5.12. The van der Waals surface area contributed by atoms with Crippen molar-refractivity contribution in [3.8, 4) is 0 Å². The average Bonchev–Trinajstić information content (AvgIpc) is 2.14. The van der Waals surface area contributed by atoms with Crippen LogP contribution in [0.5, 0.6) is 0 Å². The maximum atomic E-state index is 13.0. The fourth-order valence-corrected chi connectivity index (χ4v) is 1.16. The standard InChI is InChI=1S/C10H10F4.C4H10/c1-6(2)8-5-7(10(12,13)14)3-4-9(8)11;1-4(2)3/h3-6H,1-2H3;4H,1-3H3. The van der Waals surface area contributed by atoms with Crippen molar-refractivity contribution in [2.75, 3.05) is 0 Å². The molecule has 0 saturated heterocycles. The molecule has 104 valence electrons. The highest BCUT2D eigenvalue weighted by molar-refractivity contribution is 5.29. The quantitative estimate of drug-likeness (QED) is 0.576. The zero-order chi connectivity index (χ0) is 14.5. The van der Waals surface area contributed by atoms with Crippen LogP contribution in [0.4, 0.5) is 17.6 Å². The topological polar surface area (TPSA) is 0 Å². The molecule has 0 bridgehead atoms. The lowest BCUT2D eigenvalue weighted by Gasteiger charge is -2.11. The van der Waals surface area contributed by atoms with Gasteiger partial charge in [-0.2, -0.15) is 13.2 Å². The maximum Gasteiger partial charge on any atom is 0.416 e. The van der Waals surface area contributed by atoms with Crippen LogP contribution >= 0.6 is 0 Å². The van der Waals surface area contributed by atoms with Crippen LogP contribution in [0.3, 0.4) is 0 Å². The van der Waals surface area contributed by atoms with Crippen molar-refractivity contribution in [3.63, 3.8) is 0 Å². The summed E-state index contributed by atoms with van der Waals surface area (Å²) >= 11 is 0. The highest BCUT2D eigenvalue weighted by Crippen LogP contribution is 2.32. The number of halogens is 4. The van der Waals surface area contributed by atoms with E-state index in [9.17, 15) is 17.6 Å². The van der Waals surface area contributed by atoms with E-state index in [1.165, 1.54) is 0 Å². The van der Waals surface area contributed by atoms with Crippen LogP contribution in [-0.2, 0) is 6.18 Å². The zero-order valence-electron chi connectivity index (χ0n) is 11.4. The van der Waals surface area contributed by atoms with E-state index < -0.39 is 17.6 Å². The smallest absolute Gasteiger partial charge is 0.207 e. The van der Waals surface area contributed by atoms with Crippen molar-refractivity contribution in [3.05, 3.63) is 35.1 Å². The predicted molar refractivity (Wildman–Crippen MR) is 66.0 cm³/mol. The number of alkyl halides is 3. The van der Waals surface area contributed by atoms with Crippen LogP contribution in [0, 0.1) is 11.7 Å². The summed E-state index contributed by atoms with van der Waals surface area (Å²) in [5.41, 5.74) is -0.706. The first-order chi connectivity index (χ1) is 8.05. The predicted octanol–water partition coefficient (Wildman–Crippen LogP) is 5.63. The lowest BCUT2D eigenvalue weighted by atomic mass is 10.00. The Hall–Kier alpha value is -1.06. The van der Waals surface area contributed by atoms with Gasteiger partial charge < -0.3 is 0 Å². The highest BCUT2D eigenvalue weighted by Gasteiger charge is 2.31. The molecular weight excluding hydrogens is 244 g/mol. The molecule has 0 spiro atoms. The molecule has 0 radical (unpaired) electrons. The van der Waals surface area contributed by atoms with Crippen molar-refractivity contribution in [2.45, 2.75) is 46.7 Å². The molecule has 18 heavy (non-hydrogen) atoms. The second kappa shape index (κ2) is 6.76. The molecule has 0 fully saturated rings. The van der Waals surface area contributed by atoms with E-state index in [1.54, 1.807) is 13.8 Å². The van der Waals surface area contributed by atoms with E-state index in [0.717, 1.165) is 24.1 Å². The molecule has 0 aliphatic carbocycles. The first-order valence-corrected chi connectivity index (χ1v) is 5.92. The van der Waals surface area contributed by atoms with Crippen molar-refractivity contribution >= 4 is 0 Å². The molecule has 0 saturated carbocycles. The van der Waals surface area contributed by atoms with Gasteiger partial charge in [-0.1, -0.05) is 34.6 Å². The van der Waals surface area contributed by atoms with E-state index >= 15 is 0 Å². The van der Waals surface area contributed by atoms with Gasteiger partial charge in [-0.3, -0.25) is 0 Å². The first-order valence-electron chi connectivity index (χ1n) is 5.92. The summed E-state index contributed by atoms with van der Waals surface area (Å²) < 4.78 is 49.8. The lowest BCUT2D eigenvalue weighted by molar-refractivity contribution is -0.137. The molecule has 0 aliphatic rings. The van der Waals surface area contributed by atoms with Crippen LogP contribution in [0.25, 0.3) is 0 Å². The first kappa shape index (κ1) is 16.9. The lowest BCUT2D eigenvalue weighted by Crippen LogP contribution is -2.06. The van der Waals surface area contributed by atoms with Crippen LogP contribution in [0.1, 0.15) is 51.7 Å². The van der Waals surface area contributed by atoms with E-state index in [-0.39, 0.29) is 11.5 Å². The van der Waals surface area contributed by atoms with E-state index in [1.807, 2.05) is 0 Å². The summed E-state index contributed by atoms with van der Waals surface area (Å²) in [5, 5.41) is 0. The maximum absolute atomic E-state index is 13.0. The van der Waals surface area contributed by atoms with Crippen LogP contribution in [0.15, 0.2) is 18.2 Å². The molecule has 0 atom stereocenters.